The SMILES string of the molecule is CC(C)c1ncc(N2CCCCCC2)c(CCl)n1. The van der Waals surface area contributed by atoms with Gasteiger partial charge in [0.05, 0.1) is 23.5 Å². The van der Waals surface area contributed by atoms with E-state index in [-0.39, 0.29) is 0 Å². The molecular formula is C14H22ClN3. The van der Waals surface area contributed by atoms with Crippen molar-refractivity contribution >= 4 is 17.3 Å². The van der Waals surface area contributed by atoms with E-state index in [9.17, 15) is 0 Å². The van der Waals surface area contributed by atoms with Crippen LogP contribution in [0.1, 0.15) is 57.0 Å². The number of hydrogen-bond donors (Lipinski definition) is 0. The molecule has 1 fully saturated rings. The first kappa shape index (κ1) is 13.6. The highest BCUT2D eigenvalue weighted by Crippen LogP contribution is 2.24. The zero-order valence-electron chi connectivity index (χ0n) is 11.3. The third-order valence-electron chi connectivity index (χ3n) is 3.45. The van der Waals surface area contributed by atoms with Crippen molar-refractivity contribution < 1.29 is 0 Å². The molecule has 0 unspecified atom stereocenters. The molecular weight excluding hydrogens is 246 g/mol. The minimum absolute atomic E-state index is 0.352. The Balaban J connectivity index is 2.25. The second kappa shape index (κ2) is 6.37. The summed E-state index contributed by atoms with van der Waals surface area (Å²) in [6.45, 7) is 6.43. The van der Waals surface area contributed by atoms with E-state index in [1.54, 1.807) is 0 Å². The van der Waals surface area contributed by atoms with E-state index >= 15 is 0 Å². The average Bonchev–Trinajstić information content (AvgIpc) is 2.66. The van der Waals surface area contributed by atoms with E-state index in [4.69, 9.17) is 11.6 Å². The molecule has 1 aromatic heterocycles. The summed E-state index contributed by atoms with van der Waals surface area (Å²) in [5.74, 6) is 1.71. The lowest BCUT2D eigenvalue weighted by Crippen LogP contribution is -2.26. The van der Waals surface area contributed by atoms with Crippen molar-refractivity contribution in [2.24, 2.45) is 0 Å². The average molecular weight is 268 g/mol. The molecule has 1 saturated heterocycles. The summed E-state index contributed by atoms with van der Waals surface area (Å²) in [6.07, 6.45) is 7.14. The second-order valence-electron chi connectivity index (χ2n) is 5.25. The zero-order valence-corrected chi connectivity index (χ0v) is 12.1. The van der Waals surface area contributed by atoms with Crippen molar-refractivity contribution in [2.75, 3.05) is 18.0 Å². The summed E-state index contributed by atoms with van der Waals surface area (Å²) in [6, 6.07) is 0. The van der Waals surface area contributed by atoms with Crippen LogP contribution >= 0.6 is 11.6 Å². The topological polar surface area (TPSA) is 29.0 Å². The fourth-order valence-electron chi connectivity index (χ4n) is 2.38. The molecule has 0 aliphatic carbocycles. The molecule has 2 rings (SSSR count). The summed E-state index contributed by atoms with van der Waals surface area (Å²) in [4.78, 5) is 11.5. The number of aromatic nitrogens is 2. The number of alkyl halides is 1. The van der Waals surface area contributed by atoms with Gasteiger partial charge in [0.2, 0.25) is 0 Å². The molecule has 0 amide bonds. The molecule has 0 N–H and O–H groups in total. The predicted octanol–water partition coefficient (Wildman–Crippen LogP) is 3.72. The molecule has 1 aliphatic heterocycles. The van der Waals surface area contributed by atoms with Crippen molar-refractivity contribution in [3.05, 3.63) is 17.7 Å². The third-order valence-corrected chi connectivity index (χ3v) is 3.71. The Bertz CT molecular complexity index is 385. The molecule has 18 heavy (non-hydrogen) atoms. The molecule has 100 valence electrons. The maximum atomic E-state index is 6.05. The van der Waals surface area contributed by atoms with Crippen LogP contribution in [-0.4, -0.2) is 23.1 Å². The van der Waals surface area contributed by atoms with Gasteiger partial charge in [-0.1, -0.05) is 26.7 Å². The third kappa shape index (κ3) is 3.14. The van der Waals surface area contributed by atoms with E-state index in [0.717, 1.165) is 30.3 Å². The van der Waals surface area contributed by atoms with Gasteiger partial charge in [-0.2, -0.15) is 0 Å². The van der Waals surface area contributed by atoms with Gasteiger partial charge in [0.25, 0.3) is 0 Å². The van der Waals surface area contributed by atoms with Crippen molar-refractivity contribution in [3.63, 3.8) is 0 Å². The maximum Gasteiger partial charge on any atom is 0.131 e. The van der Waals surface area contributed by atoms with Gasteiger partial charge in [-0.3, -0.25) is 0 Å². The Kier molecular flexibility index (Phi) is 4.81. The van der Waals surface area contributed by atoms with Crippen molar-refractivity contribution in [3.8, 4) is 0 Å². The zero-order chi connectivity index (χ0) is 13.0. The fourth-order valence-corrected chi connectivity index (χ4v) is 2.58. The highest BCUT2D eigenvalue weighted by atomic mass is 35.5. The van der Waals surface area contributed by atoms with E-state index in [2.05, 4.69) is 28.7 Å². The van der Waals surface area contributed by atoms with Gasteiger partial charge in [-0.25, -0.2) is 9.97 Å². The molecule has 0 spiro atoms. The lowest BCUT2D eigenvalue weighted by molar-refractivity contribution is 0.726. The molecule has 0 radical (unpaired) electrons. The highest BCUT2D eigenvalue weighted by Gasteiger charge is 2.16. The molecule has 0 saturated carbocycles. The number of halogens is 1. The van der Waals surface area contributed by atoms with Crippen LogP contribution in [0.3, 0.4) is 0 Å². The molecule has 0 bridgehead atoms. The van der Waals surface area contributed by atoms with Crippen LogP contribution in [0.25, 0.3) is 0 Å². The molecule has 0 aromatic carbocycles. The van der Waals surface area contributed by atoms with Gasteiger partial charge in [-0.05, 0) is 12.8 Å². The highest BCUT2D eigenvalue weighted by molar-refractivity contribution is 6.17. The maximum absolute atomic E-state index is 6.05. The molecule has 1 aromatic rings. The number of nitrogens with zero attached hydrogens (tertiary/aromatic N) is 3. The van der Waals surface area contributed by atoms with Crippen molar-refractivity contribution in [1.29, 1.82) is 0 Å². The quantitative estimate of drug-likeness (QED) is 0.782. The van der Waals surface area contributed by atoms with Gasteiger partial charge >= 0.3 is 0 Å². The van der Waals surface area contributed by atoms with Crippen LogP contribution in [0.4, 0.5) is 5.69 Å². The molecule has 3 nitrogen and oxygen atoms in total. The lowest BCUT2D eigenvalue weighted by Gasteiger charge is -2.24. The molecule has 2 heterocycles. The minimum Gasteiger partial charge on any atom is -0.369 e. The van der Waals surface area contributed by atoms with E-state index < -0.39 is 0 Å². The predicted molar refractivity (Wildman–Crippen MR) is 76.4 cm³/mol. The van der Waals surface area contributed by atoms with Crippen LogP contribution in [-0.2, 0) is 5.88 Å². The van der Waals surface area contributed by atoms with Gasteiger partial charge in [0, 0.05) is 19.0 Å². The van der Waals surface area contributed by atoms with Crippen molar-refractivity contribution in [2.45, 2.75) is 51.3 Å². The first-order valence-electron chi connectivity index (χ1n) is 6.89. The fraction of sp³-hybridized carbons (Fsp3) is 0.714. The second-order valence-corrected chi connectivity index (χ2v) is 5.52. The van der Waals surface area contributed by atoms with Gasteiger partial charge in [0.1, 0.15) is 5.82 Å². The normalized spacial score (nSPS) is 17.0. The Morgan fingerprint density at radius 2 is 1.89 bits per heavy atom. The monoisotopic (exact) mass is 267 g/mol. The molecule has 4 heteroatoms. The molecule has 1 aliphatic rings. The van der Waals surface area contributed by atoms with Gasteiger partial charge in [0.15, 0.2) is 0 Å². The first-order chi connectivity index (χ1) is 8.72. The van der Waals surface area contributed by atoms with Crippen LogP contribution in [0.15, 0.2) is 6.20 Å². The minimum atomic E-state index is 0.352. The Morgan fingerprint density at radius 3 is 2.44 bits per heavy atom. The molecule has 0 atom stereocenters. The largest absolute Gasteiger partial charge is 0.369 e. The van der Waals surface area contributed by atoms with E-state index in [0.29, 0.717) is 11.8 Å². The van der Waals surface area contributed by atoms with Crippen molar-refractivity contribution in [1.82, 2.24) is 9.97 Å². The summed E-state index contributed by atoms with van der Waals surface area (Å²) in [5.41, 5.74) is 2.12. The van der Waals surface area contributed by atoms with Crippen LogP contribution in [0.2, 0.25) is 0 Å². The summed E-state index contributed by atoms with van der Waals surface area (Å²) < 4.78 is 0. The van der Waals surface area contributed by atoms with Crippen LogP contribution in [0.5, 0.6) is 0 Å². The van der Waals surface area contributed by atoms with Gasteiger partial charge in [-0.15, -0.1) is 11.6 Å². The first-order valence-corrected chi connectivity index (χ1v) is 7.42. The van der Waals surface area contributed by atoms with E-state index in [1.807, 2.05) is 6.20 Å². The number of rotatable bonds is 3. The summed E-state index contributed by atoms with van der Waals surface area (Å²) in [5, 5.41) is 0. The Labute approximate surface area is 115 Å². The standard InChI is InChI=1S/C14H22ClN3/c1-11(2)14-16-10-13(12(9-15)17-14)18-7-5-3-4-6-8-18/h10-11H,3-9H2,1-2H3. The lowest BCUT2D eigenvalue weighted by atomic mass is 10.2. The van der Waals surface area contributed by atoms with E-state index in [1.165, 1.54) is 25.7 Å². The Morgan fingerprint density at radius 1 is 1.22 bits per heavy atom. The van der Waals surface area contributed by atoms with Crippen LogP contribution < -0.4 is 4.90 Å². The summed E-state index contributed by atoms with van der Waals surface area (Å²) in [7, 11) is 0. The Hall–Kier alpha value is -0.830. The number of hydrogen-bond acceptors (Lipinski definition) is 3. The van der Waals surface area contributed by atoms with Crippen LogP contribution in [0, 0.1) is 0 Å². The number of anilines is 1. The van der Waals surface area contributed by atoms with Gasteiger partial charge < -0.3 is 4.90 Å². The smallest absolute Gasteiger partial charge is 0.131 e. The summed E-state index contributed by atoms with van der Waals surface area (Å²) >= 11 is 6.05.